The van der Waals surface area contributed by atoms with Crippen LogP contribution >= 0.6 is 23.1 Å². The summed E-state index contributed by atoms with van der Waals surface area (Å²) in [5, 5.41) is 7.40. The van der Waals surface area contributed by atoms with Crippen molar-refractivity contribution >= 4 is 28.9 Å². The van der Waals surface area contributed by atoms with Gasteiger partial charge in [-0.2, -0.15) is 4.98 Å². The normalized spacial score (nSPS) is 11.3. The van der Waals surface area contributed by atoms with Crippen LogP contribution in [0.5, 0.6) is 0 Å². The van der Waals surface area contributed by atoms with E-state index < -0.39 is 0 Å². The van der Waals surface area contributed by atoms with Gasteiger partial charge in [0.1, 0.15) is 0 Å². The molecule has 0 aromatic carbocycles. The minimum atomic E-state index is 0.691. The van der Waals surface area contributed by atoms with Crippen LogP contribution in [0, 0.1) is 13.8 Å². The van der Waals surface area contributed by atoms with E-state index >= 15 is 0 Å². The molecule has 0 atom stereocenters. The zero-order valence-corrected chi connectivity index (χ0v) is 12.5. The third-order valence-corrected chi connectivity index (χ3v) is 4.53. The molecule has 3 aromatic rings. The summed E-state index contributed by atoms with van der Waals surface area (Å²) in [7, 11) is 0. The molecule has 0 radical (unpaired) electrons. The van der Waals surface area contributed by atoms with Gasteiger partial charge in [0.05, 0.1) is 0 Å². The Morgan fingerprint density at radius 2 is 2.21 bits per heavy atom. The van der Waals surface area contributed by atoms with Gasteiger partial charge >= 0.3 is 0 Å². The maximum absolute atomic E-state index is 4.48. The summed E-state index contributed by atoms with van der Waals surface area (Å²) < 4.78 is 1.81. The Morgan fingerprint density at radius 1 is 1.32 bits per heavy atom. The predicted molar refractivity (Wildman–Crippen MR) is 79.0 cm³/mol. The molecule has 6 heteroatoms. The third-order valence-electron chi connectivity index (χ3n) is 2.76. The van der Waals surface area contributed by atoms with Gasteiger partial charge in [0.15, 0.2) is 0 Å². The van der Waals surface area contributed by atoms with E-state index in [4.69, 9.17) is 0 Å². The predicted octanol–water partition coefficient (Wildman–Crippen LogP) is 3.14. The van der Waals surface area contributed by atoms with E-state index in [1.807, 2.05) is 19.9 Å². The van der Waals surface area contributed by atoms with Crippen molar-refractivity contribution in [1.82, 2.24) is 19.6 Å². The number of thioether (sulfide) groups is 1. The first-order chi connectivity index (χ1) is 9.22. The number of aromatic nitrogens is 4. The van der Waals surface area contributed by atoms with Gasteiger partial charge in [0.2, 0.25) is 5.16 Å². The van der Waals surface area contributed by atoms with Crippen molar-refractivity contribution < 1.29 is 0 Å². The average Bonchev–Trinajstić information content (AvgIpc) is 2.98. The molecule has 0 bridgehead atoms. The van der Waals surface area contributed by atoms with Crippen molar-refractivity contribution in [3.63, 3.8) is 0 Å². The van der Waals surface area contributed by atoms with E-state index in [1.54, 1.807) is 27.6 Å². The van der Waals surface area contributed by atoms with Gasteiger partial charge in [0, 0.05) is 22.0 Å². The van der Waals surface area contributed by atoms with E-state index in [1.165, 1.54) is 4.88 Å². The molecule has 0 saturated carbocycles. The Morgan fingerprint density at radius 3 is 3.00 bits per heavy atom. The van der Waals surface area contributed by atoms with Crippen LogP contribution in [0.15, 0.2) is 28.7 Å². The highest BCUT2D eigenvalue weighted by molar-refractivity contribution is 7.99. The second-order valence-corrected chi connectivity index (χ2v) is 6.42. The van der Waals surface area contributed by atoms with Crippen LogP contribution in [-0.4, -0.2) is 25.3 Å². The van der Waals surface area contributed by atoms with Crippen molar-refractivity contribution in [3.05, 3.63) is 39.8 Å². The molecule has 3 heterocycles. The number of hydrogen-bond donors (Lipinski definition) is 0. The van der Waals surface area contributed by atoms with E-state index in [2.05, 4.69) is 32.6 Å². The molecule has 0 fully saturated rings. The van der Waals surface area contributed by atoms with Gasteiger partial charge in [-0.15, -0.1) is 16.4 Å². The molecule has 0 spiro atoms. The fourth-order valence-electron chi connectivity index (χ4n) is 1.91. The van der Waals surface area contributed by atoms with Crippen LogP contribution in [-0.2, 0) is 6.42 Å². The molecule has 98 valence electrons. The molecule has 0 aliphatic heterocycles. The van der Waals surface area contributed by atoms with Crippen LogP contribution in [0.4, 0.5) is 0 Å². The lowest BCUT2D eigenvalue weighted by atomic mass is 10.4. The minimum Gasteiger partial charge on any atom is -0.216 e. The monoisotopic (exact) mass is 290 g/mol. The smallest absolute Gasteiger partial charge is 0.216 e. The Hall–Kier alpha value is -1.40. The van der Waals surface area contributed by atoms with Crippen LogP contribution in [0.1, 0.15) is 16.3 Å². The molecule has 0 unspecified atom stereocenters. The quantitative estimate of drug-likeness (QED) is 0.692. The first-order valence-electron chi connectivity index (χ1n) is 6.08. The lowest BCUT2D eigenvalue weighted by molar-refractivity contribution is 0.843. The van der Waals surface area contributed by atoms with Crippen molar-refractivity contribution in [2.75, 3.05) is 5.75 Å². The molecule has 19 heavy (non-hydrogen) atoms. The number of aryl methyl sites for hydroxylation is 3. The lowest BCUT2D eigenvalue weighted by Gasteiger charge is -1.97. The molecular formula is C13H14N4S2. The molecule has 3 rings (SSSR count). The lowest BCUT2D eigenvalue weighted by Crippen LogP contribution is -1.97. The molecule has 3 aromatic heterocycles. The number of rotatable bonds is 4. The third kappa shape index (κ3) is 2.79. The zero-order valence-electron chi connectivity index (χ0n) is 10.8. The van der Waals surface area contributed by atoms with Gasteiger partial charge in [-0.25, -0.2) is 9.50 Å². The second-order valence-electron chi connectivity index (χ2n) is 4.32. The van der Waals surface area contributed by atoms with Crippen LogP contribution < -0.4 is 0 Å². The summed E-state index contributed by atoms with van der Waals surface area (Å²) >= 11 is 3.48. The van der Waals surface area contributed by atoms with Crippen LogP contribution in [0.2, 0.25) is 0 Å². The molecule has 4 nitrogen and oxygen atoms in total. The van der Waals surface area contributed by atoms with E-state index in [0.29, 0.717) is 5.78 Å². The summed E-state index contributed by atoms with van der Waals surface area (Å²) in [4.78, 5) is 10.3. The maximum Gasteiger partial charge on any atom is 0.253 e. The fourth-order valence-corrected chi connectivity index (χ4v) is 3.54. The summed E-state index contributed by atoms with van der Waals surface area (Å²) in [6.45, 7) is 4.00. The van der Waals surface area contributed by atoms with E-state index in [9.17, 15) is 0 Å². The molecular weight excluding hydrogens is 276 g/mol. The summed E-state index contributed by atoms with van der Waals surface area (Å²) in [5.74, 6) is 1.69. The van der Waals surface area contributed by atoms with Crippen molar-refractivity contribution in [2.24, 2.45) is 0 Å². The highest BCUT2D eigenvalue weighted by Crippen LogP contribution is 2.18. The first-order valence-corrected chi connectivity index (χ1v) is 7.95. The topological polar surface area (TPSA) is 43.1 Å². The number of nitrogens with zero attached hydrogens (tertiary/aromatic N) is 4. The molecule has 0 aliphatic rings. The summed E-state index contributed by atoms with van der Waals surface area (Å²) in [5.41, 5.74) is 2.05. The van der Waals surface area contributed by atoms with Crippen molar-refractivity contribution in [1.29, 1.82) is 0 Å². The average molecular weight is 290 g/mol. The highest BCUT2D eigenvalue weighted by atomic mass is 32.2. The molecule has 0 saturated heterocycles. The van der Waals surface area contributed by atoms with Gasteiger partial charge in [-0.05, 0) is 37.8 Å². The minimum absolute atomic E-state index is 0.691. The summed E-state index contributed by atoms with van der Waals surface area (Å²) in [6, 6.07) is 6.27. The maximum atomic E-state index is 4.48. The van der Waals surface area contributed by atoms with Gasteiger partial charge in [0.25, 0.3) is 5.78 Å². The Bertz CT molecular complexity index is 688. The standard InChI is InChI=1S/C13H14N4S2/c1-9-8-10(2)17-12(14-9)15-13(16-17)19-7-5-11-4-3-6-18-11/h3-4,6,8H,5,7H2,1-2H3. The van der Waals surface area contributed by atoms with Gasteiger partial charge in [-0.3, -0.25) is 0 Å². The first kappa shape index (κ1) is 12.6. The largest absolute Gasteiger partial charge is 0.253 e. The number of hydrogen-bond acceptors (Lipinski definition) is 5. The Balaban J connectivity index is 1.73. The van der Waals surface area contributed by atoms with Crippen LogP contribution in [0.25, 0.3) is 5.78 Å². The molecule has 0 amide bonds. The SMILES string of the molecule is Cc1cc(C)n2nc(SCCc3cccs3)nc2n1. The van der Waals surface area contributed by atoms with Gasteiger partial charge in [-0.1, -0.05) is 17.8 Å². The van der Waals surface area contributed by atoms with Crippen LogP contribution in [0.3, 0.4) is 0 Å². The zero-order chi connectivity index (χ0) is 13.2. The van der Waals surface area contributed by atoms with Gasteiger partial charge < -0.3 is 0 Å². The van der Waals surface area contributed by atoms with Crippen molar-refractivity contribution in [3.8, 4) is 0 Å². The summed E-state index contributed by atoms with van der Waals surface area (Å²) in [6.07, 6.45) is 1.06. The molecule has 0 aliphatic carbocycles. The van der Waals surface area contributed by atoms with Crippen molar-refractivity contribution in [2.45, 2.75) is 25.4 Å². The number of fused-ring (bicyclic) bond motifs is 1. The Labute approximate surface area is 119 Å². The Kier molecular flexibility index (Phi) is 3.52. The van der Waals surface area contributed by atoms with E-state index in [-0.39, 0.29) is 0 Å². The fraction of sp³-hybridized carbons (Fsp3) is 0.308. The molecule has 0 N–H and O–H groups in total. The highest BCUT2D eigenvalue weighted by Gasteiger charge is 2.08. The van der Waals surface area contributed by atoms with E-state index in [0.717, 1.165) is 28.7 Å². The second kappa shape index (κ2) is 5.30. The number of thiophene rings is 1.